The lowest BCUT2D eigenvalue weighted by molar-refractivity contribution is 0.0966. The average molecular weight is 491 g/mol. The fourth-order valence-electron chi connectivity index (χ4n) is 4.97. The van der Waals surface area contributed by atoms with Gasteiger partial charge in [0.05, 0.1) is 16.4 Å². The first-order chi connectivity index (χ1) is 16.3. The van der Waals surface area contributed by atoms with E-state index < -0.39 is 11.6 Å². The Bertz CT molecular complexity index is 1040. The molecule has 0 radical (unpaired) electrons. The van der Waals surface area contributed by atoms with Crippen LogP contribution in [-0.4, -0.2) is 66.9 Å². The van der Waals surface area contributed by atoms with Crippen LogP contribution in [0.25, 0.3) is 0 Å². The Kier molecular flexibility index (Phi) is 8.17. The minimum atomic E-state index is -0.632. The Morgan fingerprint density at radius 3 is 2.59 bits per heavy atom. The fourth-order valence-corrected chi connectivity index (χ4v) is 5.18. The zero-order valence-corrected chi connectivity index (χ0v) is 20.8. The number of likely N-dealkylation sites (N-methyl/N-ethyl adjacent to an activating group) is 1. The SMILES string of the molecule is Cc1c(C(=O)CCCN2CCN(C)CC2)cnc2c1N(Cc1c(F)ccc(F)c1Cl)CCCC2. The quantitative estimate of drug-likeness (QED) is 0.409. The van der Waals surface area contributed by atoms with E-state index in [0.717, 1.165) is 87.5 Å². The van der Waals surface area contributed by atoms with Gasteiger partial charge in [0.25, 0.3) is 0 Å². The second-order valence-corrected chi connectivity index (χ2v) is 9.84. The van der Waals surface area contributed by atoms with Crippen molar-refractivity contribution in [2.75, 3.05) is 51.2 Å². The van der Waals surface area contributed by atoms with Crippen LogP contribution in [-0.2, 0) is 13.0 Å². The molecule has 0 amide bonds. The monoisotopic (exact) mass is 490 g/mol. The summed E-state index contributed by atoms with van der Waals surface area (Å²) in [6, 6.07) is 2.16. The molecule has 0 atom stereocenters. The fraction of sp³-hybridized carbons (Fsp3) is 0.538. The predicted octanol–water partition coefficient (Wildman–Crippen LogP) is 4.87. The first-order valence-corrected chi connectivity index (χ1v) is 12.5. The maximum Gasteiger partial charge on any atom is 0.164 e. The van der Waals surface area contributed by atoms with E-state index in [0.29, 0.717) is 18.5 Å². The average Bonchev–Trinajstić information content (AvgIpc) is 3.03. The lowest BCUT2D eigenvalue weighted by Gasteiger charge is -2.32. The van der Waals surface area contributed by atoms with Gasteiger partial charge in [-0.25, -0.2) is 8.78 Å². The number of nitrogens with zero attached hydrogens (tertiary/aromatic N) is 4. The Labute approximate surface area is 205 Å². The summed E-state index contributed by atoms with van der Waals surface area (Å²) < 4.78 is 28.6. The molecule has 8 heteroatoms. The summed E-state index contributed by atoms with van der Waals surface area (Å²) in [6.45, 7) is 7.87. The summed E-state index contributed by atoms with van der Waals surface area (Å²) in [7, 11) is 2.13. The number of aryl methyl sites for hydroxylation is 1. The van der Waals surface area contributed by atoms with E-state index in [1.54, 1.807) is 6.20 Å². The van der Waals surface area contributed by atoms with Gasteiger partial charge in [-0.15, -0.1) is 0 Å². The Balaban J connectivity index is 1.52. The molecule has 4 rings (SSSR count). The molecule has 0 spiro atoms. The lowest BCUT2D eigenvalue weighted by Crippen LogP contribution is -2.44. The summed E-state index contributed by atoms with van der Waals surface area (Å²) in [6.07, 6.45) is 5.63. The first kappa shape index (κ1) is 25.0. The normalized spacial score (nSPS) is 17.5. The van der Waals surface area contributed by atoms with Crippen LogP contribution >= 0.6 is 11.6 Å². The molecule has 1 fully saturated rings. The summed E-state index contributed by atoms with van der Waals surface area (Å²) in [5.74, 6) is -1.08. The third kappa shape index (κ3) is 5.58. The molecule has 2 aromatic rings. The Morgan fingerprint density at radius 1 is 1.09 bits per heavy atom. The van der Waals surface area contributed by atoms with Crippen molar-refractivity contribution in [1.82, 2.24) is 14.8 Å². The number of piperazine rings is 1. The third-order valence-electron chi connectivity index (χ3n) is 7.05. The van der Waals surface area contributed by atoms with E-state index in [1.165, 1.54) is 0 Å². The van der Waals surface area contributed by atoms with Gasteiger partial charge >= 0.3 is 0 Å². The summed E-state index contributed by atoms with van der Waals surface area (Å²) in [4.78, 5) is 24.5. The van der Waals surface area contributed by atoms with Crippen molar-refractivity contribution in [2.45, 2.75) is 45.6 Å². The number of carbonyl (C=O) groups excluding carboxylic acids is 1. The molecule has 0 bridgehead atoms. The molecule has 184 valence electrons. The largest absolute Gasteiger partial charge is 0.365 e. The number of fused-ring (bicyclic) bond motifs is 1. The van der Waals surface area contributed by atoms with Crippen molar-refractivity contribution in [3.63, 3.8) is 0 Å². The van der Waals surface area contributed by atoms with Gasteiger partial charge in [-0.2, -0.15) is 0 Å². The van der Waals surface area contributed by atoms with Crippen LogP contribution in [0.5, 0.6) is 0 Å². The van der Waals surface area contributed by atoms with Gasteiger partial charge in [0.1, 0.15) is 11.6 Å². The molecule has 1 aromatic heterocycles. The number of carbonyl (C=O) groups is 1. The topological polar surface area (TPSA) is 39.7 Å². The highest BCUT2D eigenvalue weighted by molar-refractivity contribution is 6.31. The van der Waals surface area contributed by atoms with Crippen molar-refractivity contribution in [3.8, 4) is 0 Å². The van der Waals surface area contributed by atoms with Crippen molar-refractivity contribution in [1.29, 1.82) is 0 Å². The van der Waals surface area contributed by atoms with Crippen LogP contribution in [0.15, 0.2) is 18.3 Å². The van der Waals surface area contributed by atoms with Gasteiger partial charge in [0, 0.05) is 63.0 Å². The van der Waals surface area contributed by atoms with E-state index >= 15 is 0 Å². The van der Waals surface area contributed by atoms with Crippen LogP contribution in [0.1, 0.15) is 52.9 Å². The second-order valence-electron chi connectivity index (χ2n) is 9.46. The number of benzene rings is 1. The van der Waals surface area contributed by atoms with Gasteiger partial charge in [-0.1, -0.05) is 11.6 Å². The molecule has 3 heterocycles. The zero-order chi connectivity index (χ0) is 24.2. The van der Waals surface area contributed by atoms with Crippen molar-refractivity contribution in [2.24, 2.45) is 0 Å². The molecular weight excluding hydrogens is 458 g/mol. The van der Waals surface area contributed by atoms with Gasteiger partial charge in [-0.05, 0) is 63.9 Å². The van der Waals surface area contributed by atoms with Crippen molar-refractivity contribution < 1.29 is 13.6 Å². The van der Waals surface area contributed by atoms with Crippen LogP contribution in [0.3, 0.4) is 0 Å². The summed E-state index contributed by atoms with van der Waals surface area (Å²) in [5.41, 5.74) is 3.39. The van der Waals surface area contributed by atoms with Crippen LogP contribution in [0.4, 0.5) is 14.5 Å². The summed E-state index contributed by atoms with van der Waals surface area (Å²) in [5, 5.41) is -0.187. The number of halogens is 3. The maximum absolute atomic E-state index is 14.5. The molecule has 0 unspecified atom stereocenters. The lowest BCUT2D eigenvalue weighted by atomic mass is 9.99. The molecule has 1 aromatic carbocycles. The van der Waals surface area contributed by atoms with Crippen LogP contribution in [0, 0.1) is 18.6 Å². The Morgan fingerprint density at radius 2 is 1.82 bits per heavy atom. The van der Waals surface area contributed by atoms with E-state index in [4.69, 9.17) is 11.6 Å². The number of anilines is 1. The minimum Gasteiger partial charge on any atom is -0.365 e. The highest BCUT2D eigenvalue weighted by atomic mass is 35.5. The summed E-state index contributed by atoms with van der Waals surface area (Å²) >= 11 is 6.12. The van der Waals surface area contributed by atoms with Gasteiger partial charge in [0.15, 0.2) is 5.78 Å². The highest BCUT2D eigenvalue weighted by Gasteiger charge is 2.25. The van der Waals surface area contributed by atoms with Crippen molar-refractivity contribution in [3.05, 3.63) is 57.4 Å². The van der Waals surface area contributed by atoms with Gasteiger partial charge < -0.3 is 14.7 Å². The smallest absolute Gasteiger partial charge is 0.164 e. The Hall–Kier alpha value is -2.09. The van der Waals surface area contributed by atoms with E-state index in [2.05, 4.69) is 21.8 Å². The molecule has 1 saturated heterocycles. The molecule has 0 N–H and O–H groups in total. The number of hydrogen-bond acceptors (Lipinski definition) is 5. The van der Waals surface area contributed by atoms with E-state index in [-0.39, 0.29) is 22.9 Å². The van der Waals surface area contributed by atoms with Crippen LogP contribution < -0.4 is 4.90 Å². The van der Waals surface area contributed by atoms with E-state index in [9.17, 15) is 13.6 Å². The molecule has 2 aliphatic heterocycles. The van der Waals surface area contributed by atoms with Crippen LogP contribution in [0.2, 0.25) is 5.02 Å². The van der Waals surface area contributed by atoms with Gasteiger partial charge in [0.2, 0.25) is 0 Å². The van der Waals surface area contributed by atoms with Gasteiger partial charge in [-0.3, -0.25) is 9.78 Å². The highest BCUT2D eigenvalue weighted by Crippen LogP contribution is 2.34. The number of hydrogen-bond donors (Lipinski definition) is 0. The molecule has 2 aliphatic rings. The molecule has 0 aliphatic carbocycles. The minimum absolute atomic E-state index is 0.0843. The molecule has 34 heavy (non-hydrogen) atoms. The number of aromatic nitrogens is 1. The molecule has 0 saturated carbocycles. The standard InChI is InChI=1S/C26H33ClF2N4O/c1-18-19(24(34)7-5-10-32-14-12-31(2)13-15-32)16-30-23-6-3-4-11-33(26(18)23)17-20-21(28)8-9-22(29)25(20)27/h8-9,16H,3-7,10-15,17H2,1-2H3. The predicted molar refractivity (Wildman–Crippen MR) is 132 cm³/mol. The third-order valence-corrected chi connectivity index (χ3v) is 7.46. The number of rotatable bonds is 7. The zero-order valence-electron chi connectivity index (χ0n) is 20.0. The maximum atomic E-state index is 14.5. The molecule has 5 nitrogen and oxygen atoms in total. The first-order valence-electron chi connectivity index (χ1n) is 12.1. The van der Waals surface area contributed by atoms with Crippen molar-refractivity contribution >= 4 is 23.1 Å². The molecular formula is C26H33ClF2N4O. The number of Topliss-reactive ketones (excluding diaryl/α,β-unsaturated/α-hetero) is 1. The number of pyridine rings is 1. The number of ketones is 1. The second kappa shape index (κ2) is 11.1. The van der Waals surface area contributed by atoms with E-state index in [1.807, 2.05) is 11.8 Å².